The van der Waals surface area contributed by atoms with Gasteiger partial charge in [-0.2, -0.15) is 0 Å². The van der Waals surface area contributed by atoms with Crippen LogP contribution in [0.2, 0.25) is 0 Å². The van der Waals surface area contributed by atoms with Crippen molar-refractivity contribution < 1.29 is 19.4 Å². The van der Waals surface area contributed by atoms with Crippen molar-refractivity contribution in [1.82, 2.24) is 0 Å². The number of rotatable bonds is 11. The molecule has 0 aromatic heterocycles. The summed E-state index contributed by atoms with van der Waals surface area (Å²) in [5.74, 6) is -1.41. The Balaban J connectivity index is 2.15. The lowest BCUT2D eigenvalue weighted by molar-refractivity contribution is -0.233. The van der Waals surface area contributed by atoms with Crippen molar-refractivity contribution in [3.8, 4) is 0 Å². The van der Waals surface area contributed by atoms with Crippen molar-refractivity contribution in [2.24, 2.45) is 0 Å². The maximum absolute atomic E-state index is 11.9. The quantitative estimate of drug-likeness (QED) is 0.216. The average Bonchev–Trinajstić information content (AvgIpc) is 2.61. The molecule has 5 heteroatoms. The van der Waals surface area contributed by atoms with Crippen LogP contribution < -0.4 is 0 Å². The van der Waals surface area contributed by atoms with Gasteiger partial charge in [-0.05, 0) is 25.0 Å². The highest BCUT2D eigenvalue weighted by molar-refractivity contribution is 6.29. The van der Waals surface area contributed by atoms with Crippen LogP contribution in [0.5, 0.6) is 0 Å². The number of benzene rings is 1. The van der Waals surface area contributed by atoms with Crippen LogP contribution in [0.1, 0.15) is 80.6 Å². The molecule has 0 bridgehead atoms. The molecule has 0 aliphatic rings. The topological polar surface area (TPSA) is 52.6 Å². The summed E-state index contributed by atoms with van der Waals surface area (Å²) in [4.78, 5) is 32.8. The largest absolute Gasteiger partial charge is 0.386 e. The highest BCUT2D eigenvalue weighted by Crippen LogP contribution is 2.15. The molecule has 0 saturated carbocycles. The minimum atomic E-state index is -0.787. The van der Waals surface area contributed by atoms with Crippen LogP contribution in [0.25, 0.3) is 0 Å². The molecule has 0 radical (unpaired) electrons. The second kappa shape index (κ2) is 12.8. The molecule has 4 nitrogen and oxygen atoms in total. The van der Waals surface area contributed by atoms with E-state index in [1.165, 1.54) is 32.1 Å². The third-order valence-electron chi connectivity index (χ3n) is 4.13. The Morgan fingerprint density at radius 1 is 0.960 bits per heavy atom. The van der Waals surface area contributed by atoms with Crippen molar-refractivity contribution in [2.75, 3.05) is 0 Å². The minimum absolute atomic E-state index is 0.365. The van der Waals surface area contributed by atoms with E-state index < -0.39 is 17.3 Å². The van der Waals surface area contributed by atoms with Gasteiger partial charge in [0.25, 0.3) is 0 Å². The minimum Gasteiger partial charge on any atom is -0.246 e. The second-order valence-electron chi connectivity index (χ2n) is 6.32. The Hall–Kier alpha value is -1.55. The van der Waals surface area contributed by atoms with Crippen LogP contribution in [0, 0.1) is 6.92 Å². The predicted octanol–water partition coefficient (Wildman–Crippen LogP) is 5.75. The van der Waals surface area contributed by atoms with Crippen LogP contribution in [0.15, 0.2) is 24.3 Å². The Labute approximate surface area is 155 Å². The van der Waals surface area contributed by atoms with Gasteiger partial charge in [0.1, 0.15) is 5.38 Å². The van der Waals surface area contributed by atoms with Crippen LogP contribution in [0.4, 0.5) is 0 Å². The van der Waals surface area contributed by atoms with Crippen LogP contribution in [-0.2, 0) is 14.6 Å². The molecule has 1 rings (SSSR count). The van der Waals surface area contributed by atoms with Crippen LogP contribution in [0.3, 0.4) is 0 Å². The SMILES string of the molecule is CCCCCCCCCCC(Cl)C(=O)OOC(=O)c1ccccc1C. The number of halogens is 1. The number of carbonyl (C=O) groups is 2. The number of unbranched alkanes of at least 4 members (excludes halogenated alkanes) is 7. The average molecular weight is 369 g/mol. The molecule has 25 heavy (non-hydrogen) atoms. The van der Waals surface area contributed by atoms with Gasteiger partial charge in [-0.3, -0.25) is 0 Å². The fourth-order valence-corrected chi connectivity index (χ4v) is 2.74. The lowest BCUT2D eigenvalue weighted by Gasteiger charge is -2.09. The van der Waals surface area contributed by atoms with Gasteiger partial charge in [0.2, 0.25) is 0 Å². The van der Waals surface area contributed by atoms with Gasteiger partial charge >= 0.3 is 11.9 Å². The van der Waals surface area contributed by atoms with E-state index in [0.717, 1.165) is 24.8 Å². The highest BCUT2D eigenvalue weighted by atomic mass is 35.5. The zero-order valence-electron chi connectivity index (χ0n) is 15.3. The molecule has 0 aliphatic heterocycles. The fourth-order valence-electron chi connectivity index (χ4n) is 2.55. The Morgan fingerprint density at radius 3 is 2.20 bits per heavy atom. The number of hydrogen-bond donors (Lipinski definition) is 0. The Kier molecular flexibility index (Phi) is 11.0. The molecular formula is C20H29ClO4. The predicted molar refractivity (Wildman–Crippen MR) is 99.6 cm³/mol. The van der Waals surface area contributed by atoms with E-state index >= 15 is 0 Å². The molecule has 0 saturated heterocycles. The molecule has 0 spiro atoms. The molecular weight excluding hydrogens is 340 g/mol. The molecule has 1 aromatic carbocycles. The molecule has 1 unspecified atom stereocenters. The summed E-state index contributed by atoms with van der Waals surface area (Å²) >= 11 is 6.01. The lowest BCUT2D eigenvalue weighted by Crippen LogP contribution is -2.20. The van der Waals surface area contributed by atoms with E-state index in [1.54, 1.807) is 25.1 Å². The zero-order valence-corrected chi connectivity index (χ0v) is 16.0. The number of alkyl halides is 1. The molecule has 140 valence electrons. The van der Waals surface area contributed by atoms with Crippen molar-refractivity contribution in [2.45, 2.75) is 77.0 Å². The molecule has 1 aromatic rings. The first-order valence-electron chi connectivity index (χ1n) is 9.18. The maximum atomic E-state index is 11.9. The van der Waals surface area contributed by atoms with Crippen molar-refractivity contribution in [3.63, 3.8) is 0 Å². The first-order chi connectivity index (χ1) is 12.1. The molecule has 0 fully saturated rings. The third-order valence-corrected chi connectivity index (χ3v) is 4.53. The van der Waals surface area contributed by atoms with E-state index in [4.69, 9.17) is 11.6 Å². The van der Waals surface area contributed by atoms with E-state index in [2.05, 4.69) is 16.7 Å². The van der Waals surface area contributed by atoms with Gasteiger partial charge in [-0.1, -0.05) is 76.5 Å². The lowest BCUT2D eigenvalue weighted by atomic mass is 10.1. The Morgan fingerprint density at radius 2 is 1.56 bits per heavy atom. The summed E-state index contributed by atoms with van der Waals surface area (Å²) < 4.78 is 0. The van der Waals surface area contributed by atoms with Gasteiger partial charge < -0.3 is 0 Å². The van der Waals surface area contributed by atoms with Gasteiger partial charge in [-0.25, -0.2) is 19.4 Å². The van der Waals surface area contributed by atoms with Gasteiger partial charge in [0, 0.05) is 0 Å². The second-order valence-corrected chi connectivity index (χ2v) is 6.85. The zero-order chi connectivity index (χ0) is 18.5. The molecule has 0 amide bonds. The summed E-state index contributed by atoms with van der Waals surface area (Å²) in [5, 5.41) is -0.787. The van der Waals surface area contributed by atoms with Crippen molar-refractivity contribution in [1.29, 1.82) is 0 Å². The fraction of sp³-hybridized carbons (Fsp3) is 0.600. The summed E-state index contributed by atoms with van der Waals surface area (Å²) in [5.41, 5.74) is 1.12. The van der Waals surface area contributed by atoms with Crippen molar-refractivity contribution >= 4 is 23.5 Å². The molecule has 0 aliphatic carbocycles. The standard InChI is InChI=1S/C20H29ClO4/c1-3-4-5-6-7-8-9-10-15-18(21)20(23)25-24-19(22)17-14-12-11-13-16(17)2/h11-14,18H,3-10,15H2,1-2H3. The van der Waals surface area contributed by atoms with Gasteiger partial charge in [-0.15, -0.1) is 11.6 Å². The third kappa shape index (κ3) is 8.92. The van der Waals surface area contributed by atoms with Crippen LogP contribution in [-0.4, -0.2) is 17.3 Å². The van der Waals surface area contributed by atoms with E-state index in [9.17, 15) is 9.59 Å². The van der Waals surface area contributed by atoms with E-state index in [0.29, 0.717) is 12.0 Å². The first kappa shape index (κ1) is 21.5. The Bertz CT molecular complexity index is 530. The number of aryl methyl sites for hydroxylation is 1. The van der Waals surface area contributed by atoms with E-state index in [1.807, 2.05) is 6.07 Å². The molecule has 0 N–H and O–H groups in total. The monoisotopic (exact) mass is 368 g/mol. The maximum Gasteiger partial charge on any atom is 0.386 e. The van der Waals surface area contributed by atoms with Gasteiger partial charge in [0.15, 0.2) is 0 Å². The van der Waals surface area contributed by atoms with Crippen molar-refractivity contribution in [3.05, 3.63) is 35.4 Å². The van der Waals surface area contributed by atoms with E-state index in [-0.39, 0.29) is 0 Å². The summed E-state index contributed by atoms with van der Waals surface area (Å²) in [6, 6.07) is 6.93. The smallest absolute Gasteiger partial charge is 0.246 e. The van der Waals surface area contributed by atoms with Gasteiger partial charge in [0.05, 0.1) is 5.56 Å². The summed E-state index contributed by atoms with van der Waals surface area (Å²) in [6.07, 6.45) is 9.95. The number of hydrogen-bond acceptors (Lipinski definition) is 4. The summed E-state index contributed by atoms with van der Waals surface area (Å²) in [7, 11) is 0. The first-order valence-corrected chi connectivity index (χ1v) is 9.62. The molecule has 0 heterocycles. The number of carbonyl (C=O) groups excluding carboxylic acids is 2. The summed E-state index contributed by atoms with van der Waals surface area (Å²) in [6.45, 7) is 3.99. The molecule has 1 atom stereocenters. The highest BCUT2D eigenvalue weighted by Gasteiger charge is 2.20. The normalized spacial score (nSPS) is 11.8. The van der Waals surface area contributed by atoms with Crippen LogP contribution >= 0.6 is 11.6 Å².